The number of phenols is 1. The fraction of sp³-hybridized carbons (Fsp3) is 0. The highest BCUT2D eigenvalue weighted by Crippen LogP contribution is 2.27. The van der Waals surface area contributed by atoms with Crippen LogP contribution >= 0.6 is 0 Å². The molecule has 1 heterocycles. The molecule has 0 aliphatic heterocycles. The van der Waals surface area contributed by atoms with E-state index < -0.39 is 17.4 Å². The van der Waals surface area contributed by atoms with E-state index in [-0.39, 0.29) is 0 Å². The van der Waals surface area contributed by atoms with Gasteiger partial charge in [0, 0.05) is 12.4 Å². The first-order chi connectivity index (χ1) is 7.18. The van der Waals surface area contributed by atoms with Gasteiger partial charge in [-0.15, -0.1) is 0 Å². The van der Waals surface area contributed by atoms with E-state index in [4.69, 9.17) is 5.11 Å². The molecule has 2 rings (SSSR count). The molecule has 0 fully saturated rings. The van der Waals surface area contributed by atoms with Gasteiger partial charge in [-0.05, 0) is 35.4 Å². The summed E-state index contributed by atoms with van der Waals surface area (Å²) >= 11 is 0. The van der Waals surface area contributed by atoms with Gasteiger partial charge >= 0.3 is 0 Å². The van der Waals surface area contributed by atoms with Gasteiger partial charge in [0.05, 0.1) is 0 Å². The summed E-state index contributed by atoms with van der Waals surface area (Å²) in [6.45, 7) is 0. The third kappa shape index (κ3) is 1.79. The van der Waals surface area contributed by atoms with Crippen molar-refractivity contribution in [2.75, 3.05) is 0 Å². The topological polar surface area (TPSA) is 33.1 Å². The Morgan fingerprint density at radius 2 is 1.67 bits per heavy atom. The summed E-state index contributed by atoms with van der Waals surface area (Å²) in [5.41, 5.74) is 1.08. The van der Waals surface area contributed by atoms with E-state index in [0.29, 0.717) is 11.1 Å². The normalized spacial score (nSPS) is 10.3. The molecule has 0 aliphatic rings. The van der Waals surface area contributed by atoms with Crippen molar-refractivity contribution in [1.82, 2.24) is 4.98 Å². The van der Waals surface area contributed by atoms with E-state index in [1.807, 2.05) is 0 Å². The van der Waals surface area contributed by atoms with Crippen molar-refractivity contribution >= 4 is 0 Å². The Labute approximate surface area is 84.8 Å². The van der Waals surface area contributed by atoms with Crippen molar-refractivity contribution in [3.05, 3.63) is 48.3 Å². The number of phenolic OH excluding ortho intramolecular Hbond substituents is 1. The predicted molar refractivity (Wildman–Crippen MR) is 51.3 cm³/mol. The van der Waals surface area contributed by atoms with Crippen molar-refractivity contribution in [2.45, 2.75) is 0 Å². The number of nitrogens with zero attached hydrogens (tertiary/aromatic N) is 1. The fourth-order valence-electron chi connectivity index (χ4n) is 1.29. The zero-order chi connectivity index (χ0) is 10.8. The van der Waals surface area contributed by atoms with Gasteiger partial charge < -0.3 is 5.11 Å². The van der Waals surface area contributed by atoms with Crippen LogP contribution in [0.2, 0.25) is 0 Å². The van der Waals surface area contributed by atoms with Gasteiger partial charge in [-0.25, -0.2) is 4.39 Å². The standard InChI is InChI=1S/C11H7F2NO/c12-9-5-8(6-10(15)11(9)13)7-1-3-14-4-2-7/h1-6,15H. The molecule has 0 radical (unpaired) electrons. The molecule has 0 atom stereocenters. The number of pyridine rings is 1. The minimum atomic E-state index is -1.23. The molecule has 15 heavy (non-hydrogen) atoms. The Hall–Kier alpha value is -1.97. The number of halogens is 2. The molecule has 1 aromatic heterocycles. The Morgan fingerprint density at radius 1 is 1.00 bits per heavy atom. The molecule has 2 nitrogen and oxygen atoms in total. The highest BCUT2D eigenvalue weighted by atomic mass is 19.2. The summed E-state index contributed by atoms with van der Waals surface area (Å²) in [4.78, 5) is 3.80. The number of hydrogen-bond donors (Lipinski definition) is 1. The van der Waals surface area contributed by atoms with Crippen LogP contribution in [0.1, 0.15) is 0 Å². The van der Waals surface area contributed by atoms with Gasteiger partial charge in [-0.1, -0.05) is 0 Å². The molecule has 0 spiro atoms. The molecule has 76 valence electrons. The first-order valence-corrected chi connectivity index (χ1v) is 4.27. The molecule has 0 saturated heterocycles. The van der Waals surface area contributed by atoms with E-state index in [9.17, 15) is 8.78 Å². The molecule has 1 aromatic carbocycles. The molecular weight excluding hydrogens is 200 g/mol. The SMILES string of the molecule is Oc1cc(-c2ccncc2)cc(F)c1F. The smallest absolute Gasteiger partial charge is 0.200 e. The van der Waals surface area contributed by atoms with Crippen molar-refractivity contribution in [1.29, 1.82) is 0 Å². The number of aromatic hydroxyl groups is 1. The van der Waals surface area contributed by atoms with Gasteiger partial charge in [-0.3, -0.25) is 4.98 Å². The summed E-state index contributed by atoms with van der Waals surface area (Å²) in [5.74, 6) is -2.99. The van der Waals surface area contributed by atoms with Crippen LogP contribution in [0.15, 0.2) is 36.7 Å². The van der Waals surface area contributed by atoms with Gasteiger partial charge in [-0.2, -0.15) is 4.39 Å². The first kappa shape index (κ1) is 9.58. The van der Waals surface area contributed by atoms with Crippen LogP contribution in [0.5, 0.6) is 5.75 Å². The molecule has 0 unspecified atom stereocenters. The van der Waals surface area contributed by atoms with Crippen LogP contribution in [0.3, 0.4) is 0 Å². The lowest BCUT2D eigenvalue weighted by Crippen LogP contribution is -1.87. The molecular formula is C11H7F2NO. The van der Waals surface area contributed by atoms with Crippen molar-refractivity contribution in [2.24, 2.45) is 0 Å². The van der Waals surface area contributed by atoms with Crippen LogP contribution in [-0.2, 0) is 0 Å². The quantitative estimate of drug-likeness (QED) is 0.779. The summed E-state index contributed by atoms with van der Waals surface area (Å²) in [5, 5.41) is 9.11. The fourth-order valence-corrected chi connectivity index (χ4v) is 1.29. The third-order valence-electron chi connectivity index (χ3n) is 2.02. The van der Waals surface area contributed by atoms with Gasteiger partial charge in [0.2, 0.25) is 0 Å². The average molecular weight is 207 g/mol. The minimum absolute atomic E-state index is 0.411. The maximum Gasteiger partial charge on any atom is 0.200 e. The third-order valence-corrected chi connectivity index (χ3v) is 2.02. The Balaban J connectivity index is 2.56. The molecule has 0 bridgehead atoms. The van der Waals surface area contributed by atoms with E-state index in [0.717, 1.165) is 6.07 Å². The second-order valence-electron chi connectivity index (χ2n) is 3.03. The van der Waals surface area contributed by atoms with Gasteiger partial charge in [0.1, 0.15) is 0 Å². The Kier molecular flexibility index (Phi) is 2.33. The summed E-state index contributed by atoms with van der Waals surface area (Å²) < 4.78 is 25.8. The molecule has 1 N–H and O–H groups in total. The van der Waals surface area contributed by atoms with E-state index >= 15 is 0 Å². The maximum atomic E-state index is 13.0. The second-order valence-corrected chi connectivity index (χ2v) is 3.03. The van der Waals surface area contributed by atoms with E-state index in [1.165, 1.54) is 18.5 Å². The minimum Gasteiger partial charge on any atom is -0.505 e. The van der Waals surface area contributed by atoms with E-state index in [1.54, 1.807) is 12.1 Å². The van der Waals surface area contributed by atoms with E-state index in [2.05, 4.69) is 4.98 Å². The van der Waals surface area contributed by atoms with Crippen LogP contribution in [0.25, 0.3) is 11.1 Å². The zero-order valence-corrected chi connectivity index (χ0v) is 7.61. The van der Waals surface area contributed by atoms with Crippen LogP contribution in [0, 0.1) is 11.6 Å². The monoisotopic (exact) mass is 207 g/mol. The van der Waals surface area contributed by atoms with Crippen LogP contribution < -0.4 is 0 Å². The molecule has 2 aromatic rings. The zero-order valence-electron chi connectivity index (χ0n) is 7.61. The summed E-state index contributed by atoms with van der Waals surface area (Å²) in [7, 11) is 0. The molecule has 0 amide bonds. The number of rotatable bonds is 1. The van der Waals surface area contributed by atoms with Gasteiger partial charge in [0.25, 0.3) is 0 Å². The number of benzene rings is 1. The van der Waals surface area contributed by atoms with Gasteiger partial charge in [0.15, 0.2) is 17.4 Å². The highest BCUT2D eigenvalue weighted by Gasteiger charge is 2.10. The van der Waals surface area contributed by atoms with Crippen molar-refractivity contribution in [3.8, 4) is 16.9 Å². The molecule has 4 heteroatoms. The average Bonchev–Trinajstić information content (AvgIpc) is 2.26. The Bertz CT molecular complexity index is 462. The van der Waals surface area contributed by atoms with Crippen molar-refractivity contribution < 1.29 is 13.9 Å². The summed E-state index contributed by atoms with van der Waals surface area (Å²) in [6.07, 6.45) is 3.07. The lowest BCUT2D eigenvalue weighted by molar-refractivity contribution is 0.407. The Morgan fingerprint density at radius 3 is 2.27 bits per heavy atom. The number of hydrogen-bond acceptors (Lipinski definition) is 2. The largest absolute Gasteiger partial charge is 0.505 e. The summed E-state index contributed by atoms with van der Waals surface area (Å²) in [6, 6.07) is 5.50. The lowest BCUT2D eigenvalue weighted by atomic mass is 10.1. The predicted octanol–water partition coefficient (Wildman–Crippen LogP) is 2.73. The maximum absolute atomic E-state index is 13.0. The van der Waals surface area contributed by atoms with Crippen LogP contribution in [-0.4, -0.2) is 10.1 Å². The lowest BCUT2D eigenvalue weighted by Gasteiger charge is -2.03. The number of aromatic nitrogens is 1. The first-order valence-electron chi connectivity index (χ1n) is 4.27. The van der Waals surface area contributed by atoms with Crippen LogP contribution in [0.4, 0.5) is 8.78 Å². The molecule has 0 aliphatic carbocycles. The highest BCUT2D eigenvalue weighted by molar-refractivity contribution is 5.64. The van der Waals surface area contributed by atoms with Crippen molar-refractivity contribution in [3.63, 3.8) is 0 Å². The molecule has 0 saturated carbocycles. The second kappa shape index (κ2) is 3.65.